The molecule has 5 heterocycles. The summed E-state index contributed by atoms with van der Waals surface area (Å²) in [6.45, 7) is 1.82. The third-order valence-electron chi connectivity index (χ3n) is 4.88. The van der Waals surface area contributed by atoms with E-state index in [2.05, 4.69) is 30.6 Å². The fourth-order valence-corrected chi connectivity index (χ4v) is 4.44. The first-order valence-electron chi connectivity index (χ1n) is 9.85. The van der Waals surface area contributed by atoms with Gasteiger partial charge < -0.3 is 5.32 Å². The number of hydrogen-bond donors (Lipinski definition) is 1. The van der Waals surface area contributed by atoms with Crippen LogP contribution in [0.1, 0.15) is 26.5 Å². The van der Waals surface area contributed by atoms with Crippen molar-refractivity contribution >= 4 is 33.1 Å². The molecule has 5 aromatic rings. The number of nitriles is 1. The van der Waals surface area contributed by atoms with E-state index in [-0.39, 0.29) is 22.8 Å². The number of carbonyl (C=O) groups is 1. The molecule has 0 radical (unpaired) electrons. The maximum Gasteiger partial charge on any atom is 0.434 e. The fraction of sp³-hybridized carbons (Fsp3) is 0.0952. The Morgan fingerprint density at radius 2 is 1.89 bits per heavy atom. The highest BCUT2D eigenvalue weighted by atomic mass is 32.1. The lowest BCUT2D eigenvalue weighted by atomic mass is 10.2. The lowest BCUT2D eigenvalue weighted by molar-refractivity contribution is -0.143. The SMILES string of the molecule is Cc1cc2nccc(-n3ncc(C(=O)Nc4cnc(-n5nccn5)c(C#N)c4)c3C(F)(F)F)c2s1. The van der Waals surface area contributed by atoms with Gasteiger partial charge in [0.15, 0.2) is 11.5 Å². The van der Waals surface area contributed by atoms with Crippen molar-refractivity contribution in [3.8, 4) is 17.6 Å². The minimum absolute atomic E-state index is 0.0120. The lowest BCUT2D eigenvalue weighted by Gasteiger charge is -2.13. The first-order valence-corrected chi connectivity index (χ1v) is 10.7. The van der Waals surface area contributed by atoms with E-state index in [1.54, 1.807) is 6.07 Å². The molecule has 0 atom stereocenters. The second-order valence-corrected chi connectivity index (χ2v) is 8.45. The molecule has 0 aromatic carbocycles. The smallest absolute Gasteiger partial charge is 0.320 e. The number of nitrogens with one attached hydrogen (secondary N) is 1. The summed E-state index contributed by atoms with van der Waals surface area (Å²) in [5, 5.41) is 23.4. The maximum atomic E-state index is 14.1. The van der Waals surface area contributed by atoms with Crippen molar-refractivity contribution in [3.63, 3.8) is 0 Å². The van der Waals surface area contributed by atoms with Crippen molar-refractivity contribution in [1.82, 2.24) is 34.7 Å². The van der Waals surface area contributed by atoms with Crippen molar-refractivity contribution in [3.05, 3.63) is 70.9 Å². The van der Waals surface area contributed by atoms with E-state index in [0.717, 1.165) is 15.9 Å². The van der Waals surface area contributed by atoms with Crippen LogP contribution in [-0.4, -0.2) is 40.6 Å². The second-order valence-electron chi connectivity index (χ2n) is 7.20. The Balaban J connectivity index is 1.54. The number of amides is 1. The van der Waals surface area contributed by atoms with Crippen LogP contribution in [0, 0.1) is 18.3 Å². The van der Waals surface area contributed by atoms with E-state index in [1.807, 2.05) is 13.0 Å². The molecule has 10 nitrogen and oxygen atoms in total. The van der Waals surface area contributed by atoms with Gasteiger partial charge in [-0.3, -0.25) is 9.78 Å². The number of nitrogens with zero attached hydrogens (tertiary/aromatic N) is 8. The Labute approximate surface area is 198 Å². The van der Waals surface area contributed by atoms with Gasteiger partial charge >= 0.3 is 6.18 Å². The van der Waals surface area contributed by atoms with Gasteiger partial charge in [-0.1, -0.05) is 0 Å². The number of fused-ring (bicyclic) bond motifs is 1. The first kappa shape index (κ1) is 22.2. The minimum atomic E-state index is -4.89. The molecular formula is C21H12F3N9OS. The highest BCUT2D eigenvalue weighted by Gasteiger charge is 2.41. The van der Waals surface area contributed by atoms with Crippen LogP contribution in [0.5, 0.6) is 0 Å². The molecule has 0 spiro atoms. The van der Waals surface area contributed by atoms with Crippen LogP contribution >= 0.6 is 11.3 Å². The normalized spacial score (nSPS) is 11.5. The molecule has 0 saturated heterocycles. The van der Waals surface area contributed by atoms with Crippen molar-refractivity contribution in [1.29, 1.82) is 5.26 Å². The van der Waals surface area contributed by atoms with Gasteiger partial charge in [0.1, 0.15) is 11.6 Å². The Morgan fingerprint density at radius 3 is 2.60 bits per heavy atom. The van der Waals surface area contributed by atoms with Gasteiger partial charge in [-0.2, -0.15) is 33.7 Å². The number of thiophene rings is 1. The van der Waals surface area contributed by atoms with Crippen LogP contribution in [0.3, 0.4) is 0 Å². The third-order valence-corrected chi connectivity index (χ3v) is 5.94. The summed E-state index contributed by atoms with van der Waals surface area (Å²) in [5.41, 5.74) is -1.21. The highest BCUT2D eigenvalue weighted by Crippen LogP contribution is 2.37. The molecular weight excluding hydrogens is 483 g/mol. The fourth-order valence-electron chi connectivity index (χ4n) is 3.47. The van der Waals surface area contributed by atoms with Crippen LogP contribution in [0.4, 0.5) is 18.9 Å². The van der Waals surface area contributed by atoms with Crippen molar-refractivity contribution in [2.24, 2.45) is 0 Å². The zero-order chi connectivity index (χ0) is 24.7. The van der Waals surface area contributed by atoms with Gasteiger partial charge in [-0.05, 0) is 25.1 Å². The molecule has 1 amide bonds. The van der Waals surface area contributed by atoms with E-state index in [4.69, 9.17) is 0 Å². The Kier molecular flexibility index (Phi) is 5.25. The van der Waals surface area contributed by atoms with Crippen molar-refractivity contribution < 1.29 is 18.0 Å². The maximum absolute atomic E-state index is 14.1. The summed E-state index contributed by atoms with van der Waals surface area (Å²) >= 11 is 1.28. The Bertz CT molecular complexity index is 1610. The molecule has 5 aromatic heterocycles. The number of pyridine rings is 2. The number of halogens is 3. The van der Waals surface area contributed by atoms with Crippen LogP contribution in [-0.2, 0) is 6.18 Å². The zero-order valence-electron chi connectivity index (χ0n) is 17.6. The molecule has 0 aliphatic heterocycles. The molecule has 5 rings (SSSR count). The largest absolute Gasteiger partial charge is 0.434 e. The molecule has 0 fully saturated rings. The number of rotatable bonds is 4. The molecule has 0 saturated carbocycles. The van der Waals surface area contributed by atoms with Crippen LogP contribution in [0.15, 0.2) is 49.2 Å². The van der Waals surface area contributed by atoms with Gasteiger partial charge in [0, 0.05) is 11.1 Å². The van der Waals surface area contributed by atoms with Gasteiger partial charge in [-0.15, -0.1) is 16.1 Å². The molecule has 0 aliphatic rings. The summed E-state index contributed by atoms with van der Waals surface area (Å²) in [7, 11) is 0. The number of aryl methyl sites for hydroxylation is 1. The predicted octanol–water partition coefficient (Wildman–Crippen LogP) is 3.91. The molecule has 35 heavy (non-hydrogen) atoms. The molecule has 0 bridgehead atoms. The average molecular weight is 495 g/mol. The highest BCUT2D eigenvalue weighted by molar-refractivity contribution is 7.19. The van der Waals surface area contributed by atoms with Gasteiger partial charge in [0.05, 0.1) is 51.9 Å². The summed E-state index contributed by atoms with van der Waals surface area (Å²) in [4.78, 5) is 23.1. The van der Waals surface area contributed by atoms with Crippen LogP contribution < -0.4 is 5.32 Å². The van der Waals surface area contributed by atoms with Crippen molar-refractivity contribution in [2.45, 2.75) is 13.1 Å². The van der Waals surface area contributed by atoms with E-state index in [9.17, 15) is 23.2 Å². The molecule has 14 heteroatoms. The number of anilines is 1. The van der Waals surface area contributed by atoms with E-state index < -0.39 is 23.3 Å². The first-order chi connectivity index (χ1) is 16.8. The second kappa shape index (κ2) is 8.29. The van der Waals surface area contributed by atoms with Crippen LogP contribution in [0.25, 0.3) is 21.7 Å². The van der Waals surface area contributed by atoms with Crippen LogP contribution in [0.2, 0.25) is 0 Å². The van der Waals surface area contributed by atoms with E-state index in [1.165, 1.54) is 48.3 Å². The molecule has 0 unspecified atom stereocenters. The summed E-state index contributed by atoms with van der Waals surface area (Å²) in [6, 6.07) is 6.34. The zero-order valence-corrected chi connectivity index (χ0v) is 18.5. The topological polar surface area (TPSA) is 127 Å². The quantitative estimate of drug-likeness (QED) is 0.400. The molecule has 0 aliphatic carbocycles. The predicted molar refractivity (Wildman–Crippen MR) is 118 cm³/mol. The average Bonchev–Trinajstić information content (AvgIpc) is 3.56. The van der Waals surface area contributed by atoms with Gasteiger partial charge in [0.25, 0.3) is 5.91 Å². The lowest BCUT2D eigenvalue weighted by Crippen LogP contribution is -2.21. The number of alkyl halides is 3. The molecule has 174 valence electrons. The summed E-state index contributed by atoms with van der Waals surface area (Å²) in [5.74, 6) is -0.959. The summed E-state index contributed by atoms with van der Waals surface area (Å²) in [6.07, 6.45) is 1.32. The van der Waals surface area contributed by atoms with Gasteiger partial charge in [0.2, 0.25) is 0 Å². The van der Waals surface area contributed by atoms with Crippen molar-refractivity contribution in [2.75, 3.05) is 5.32 Å². The van der Waals surface area contributed by atoms with E-state index in [0.29, 0.717) is 14.9 Å². The number of hydrogen-bond acceptors (Lipinski definition) is 8. The third kappa shape index (κ3) is 3.97. The standard InChI is InChI=1S/C21H12F3N9OS/c1-11-6-15-17(35-11)16(2-3-26-15)32-18(21(22,23)24)14(10-30-32)20(34)31-13-7-12(8-25)19(27-9-13)33-28-4-5-29-33/h2-7,9-10H,1H3,(H,31,34). The monoisotopic (exact) mass is 495 g/mol. The number of carbonyl (C=O) groups excluding carboxylic acids is 1. The molecule has 1 N–H and O–H groups in total. The Hall–Kier alpha value is -4.64. The Morgan fingerprint density at radius 1 is 1.11 bits per heavy atom. The summed E-state index contributed by atoms with van der Waals surface area (Å²) < 4.78 is 43.6. The van der Waals surface area contributed by atoms with Gasteiger partial charge in [-0.25, -0.2) is 9.67 Å². The minimum Gasteiger partial charge on any atom is -0.320 e. The van der Waals surface area contributed by atoms with E-state index >= 15 is 0 Å². The number of aromatic nitrogens is 7.